The van der Waals surface area contributed by atoms with Gasteiger partial charge >= 0.3 is 0 Å². The van der Waals surface area contributed by atoms with E-state index in [1.165, 1.54) is 6.20 Å². The van der Waals surface area contributed by atoms with Gasteiger partial charge < -0.3 is 21.1 Å². The maximum absolute atomic E-state index is 12.8. The van der Waals surface area contributed by atoms with Crippen LogP contribution in [0, 0.1) is 6.92 Å². The van der Waals surface area contributed by atoms with Gasteiger partial charge in [-0.2, -0.15) is 4.98 Å². The van der Waals surface area contributed by atoms with Crippen LogP contribution in [0.25, 0.3) is 0 Å². The summed E-state index contributed by atoms with van der Waals surface area (Å²) >= 11 is 6.32. The van der Waals surface area contributed by atoms with Crippen molar-refractivity contribution < 1.29 is 13.2 Å². The highest BCUT2D eigenvalue weighted by Gasteiger charge is 2.23. The average Bonchev–Trinajstić information content (AvgIpc) is 2.78. The van der Waals surface area contributed by atoms with Gasteiger partial charge in [-0.05, 0) is 69.1 Å². The molecule has 0 atom stereocenters. The van der Waals surface area contributed by atoms with Crippen molar-refractivity contribution >= 4 is 44.6 Å². The minimum absolute atomic E-state index is 0.178. The molecule has 3 rings (SSSR count). The Bertz CT molecular complexity index is 1250. The fraction of sp³-hybridized carbons (Fsp3) is 0.304. The Hall–Kier alpha value is -2.88. The highest BCUT2D eigenvalue weighted by atomic mass is 35.5. The number of hydrogen-bond acceptors (Lipinski definition) is 8. The van der Waals surface area contributed by atoms with Crippen LogP contribution in [-0.4, -0.2) is 37.3 Å². The van der Waals surface area contributed by atoms with E-state index in [1.54, 1.807) is 45.2 Å². The molecule has 1 aromatic heterocycles. The number of sulfone groups is 1. The van der Waals surface area contributed by atoms with Gasteiger partial charge in [0.2, 0.25) is 5.95 Å². The molecule has 33 heavy (non-hydrogen) atoms. The van der Waals surface area contributed by atoms with Gasteiger partial charge in [0.15, 0.2) is 15.7 Å². The zero-order chi connectivity index (χ0) is 24.2. The molecule has 0 saturated carbocycles. The van der Waals surface area contributed by atoms with Gasteiger partial charge in [0.25, 0.3) is 0 Å². The highest BCUT2D eigenvalue weighted by molar-refractivity contribution is 7.92. The number of nitrogens with zero attached hydrogens (tertiary/aromatic N) is 2. The van der Waals surface area contributed by atoms with Crippen LogP contribution >= 0.6 is 11.6 Å². The van der Waals surface area contributed by atoms with E-state index in [9.17, 15) is 8.42 Å². The lowest BCUT2D eigenvalue weighted by Crippen LogP contribution is -2.15. The molecular weight excluding hydrogens is 462 g/mol. The largest absolute Gasteiger partial charge is 0.495 e. The smallest absolute Gasteiger partial charge is 0.229 e. The van der Waals surface area contributed by atoms with Crippen LogP contribution < -0.4 is 21.1 Å². The molecule has 176 valence electrons. The lowest BCUT2D eigenvalue weighted by Gasteiger charge is -2.16. The van der Waals surface area contributed by atoms with Crippen molar-refractivity contribution in [3.8, 4) is 5.75 Å². The Kier molecular flexibility index (Phi) is 7.78. The van der Waals surface area contributed by atoms with Crippen molar-refractivity contribution in [1.82, 2.24) is 9.97 Å². The van der Waals surface area contributed by atoms with Crippen LogP contribution in [0.5, 0.6) is 5.75 Å². The van der Waals surface area contributed by atoms with Gasteiger partial charge in [-0.1, -0.05) is 23.7 Å². The van der Waals surface area contributed by atoms with Crippen LogP contribution in [0.4, 0.5) is 23.1 Å². The van der Waals surface area contributed by atoms with Crippen molar-refractivity contribution in [3.05, 3.63) is 58.7 Å². The Morgan fingerprint density at radius 2 is 1.88 bits per heavy atom. The molecule has 2 aromatic carbocycles. The summed E-state index contributed by atoms with van der Waals surface area (Å²) in [7, 11) is -1.92. The zero-order valence-electron chi connectivity index (χ0n) is 19.0. The molecule has 0 aliphatic carbocycles. The molecule has 0 aliphatic heterocycles. The lowest BCUT2D eigenvalue weighted by atomic mass is 10.0. The van der Waals surface area contributed by atoms with Gasteiger partial charge in [0.05, 0.1) is 34.8 Å². The first kappa shape index (κ1) is 24.8. The summed E-state index contributed by atoms with van der Waals surface area (Å²) in [6.07, 6.45) is 2.19. The van der Waals surface area contributed by atoms with Crippen molar-refractivity contribution in [2.45, 2.75) is 37.3 Å². The Morgan fingerprint density at radius 3 is 2.55 bits per heavy atom. The maximum Gasteiger partial charge on any atom is 0.229 e. The van der Waals surface area contributed by atoms with E-state index in [-0.39, 0.29) is 21.7 Å². The molecule has 0 amide bonds. The number of para-hydroxylation sites is 1. The Labute approximate surface area is 199 Å². The number of anilines is 4. The average molecular weight is 490 g/mol. The van der Waals surface area contributed by atoms with Gasteiger partial charge in [-0.3, -0.25) is 0 Å². The molecule has 0 bridgehead atoms. The second kappa shape index (κ2) is 10.4. The van der Waals surface area contributed by atoms with E-state index in [4.69, 9.17) is 22.1 Å². The number of benzene rings is 2. The van der Waals surface area contributed by atoms with E-state index in [0.717, 1.165) is 17.5 Å². The molecule has 0 fully saturated rings. The van der Waals surface area contributed by atoms with Gasteiger partial charge in [-0.15, -0.1) is 0 Å². The summed E-state index contributed by atoms with van der Waals surface area (Å²) in [4.78, 5) is 8.89. The maximum atomic E-state index is 12.8. The third-order valence-electron chi connectivity index (χ3n) is 5.13. The van der Waals surface area contributed by atoms with E-state index >= 15 is 0 Å². The molecule has 0 saturated heterocycles. The summed E-state index contributed by atoms with van der Waals surface area (Å²) in [6.45, 7) is 5.82. The van der Waals surface area contributed by atoms with E-state index in [2.05, 4.69) is 20.6 Å². The molecule has 1 heterocycles. The monoisotopic (exact) mass is 489 g/mol. The number of nitrogens with one attached hydrogen (secondary N) is 2. The van der Waals surface area contributed by atoms with Crippen LogP contribution in [0.2, 0.25) is 5.02 Å². The molecular formula is C23H28ClN5O3S. The topological polar surface area (TPSA) is 119 Å². The first-order chi connectivity index (χ1) is 15.7. The summed E-state index contributed by atoms with van der Waals surface area (Å²) < 4.78 is 31.1. The molecule has 8 nitrogen and oxygen atoms in total. The summed E-state index contributed by atoms with van der Waals surface area (Å²) in [5.74, 6) is 1.18. The molecule has 0 spiro atoms. The zero-order valence-corrected chi connectivity index (χ0v) is 20.6. The van der Waals surface area contributed by atoms with Gasteiger partial charge in [-0.25, -0.2) is 13.4 Å². The van der Waals surface area contributed by atoms with E-state index in [1.807, 2.05) is 19.1 Å². The van der Waals surface area contributed by atoms with Crippen LogP contribution in [0.15, 0.2) is 47.5 Å². The minimum Gasteiger partial charge on any atom is -0.495 e. The van der Waals surface area contributed by atoms with Crippen molar-refractivity contribution in [2.24, 2.45) is 5.73 Å². The predicted octanol–water partition coefficient (Wildman–Crippen LogP) is 4.62. The Morgan fingerprint density at radius 1 is 1.15 bits per heavy atom. The SMILES string of the molecule is COc1cc(CCN)c(C)cc1Nc1ncc(Cl)c(Nc2ccccc2S(=O)(=O)C(C)C)n1. The van der Waals surface area contributed by atoms with Crippen molar-refractivity contribution in [2.75, 3.05) is 24.3 Å². The number of aromatic nitrogens is 2. The first-order valence-electron chi connectivity index (χ1n) is 10.4. The third-order valence-corrected chi connectivity index (χ3v) is 7.62. The fourth-order valence-corrected chi connectivity index (χ4v) is 4.60. The fourth-order valence-electron chi connectivity index (χ4n) is 3.26. The number of hydrogen-bond donors (Lipinski definition) is 3. The normalized spacial score (nSPS) is 11.5. The van der Waals surface area contributed by atoms with Crippen LogP contribution in [0.3, 0.4) is 0 Å². The van der Waals surface area contributed by atoms with Gasteiger partial charge in [0.1, 0.15) is 10.8 Å². The number of ether oxygens (including phenoxy) is 1. The third kappa shape index (κ3) is 5.55. The van der Waals surface area contributed by atoms with Crippen LogP contribution in [0.1, 0.15) is 25.0 Å². The number of nitrogens with two attached hydrogens (primary N) is 1. The number of halogens is 1. The second-order valence-electron chi connectivity index (χ2n) is 7.75. The predicted molar refractivity (Wildman–Crippen MR) is 133 cm³/mol. The quantitative estimate of drug-likeness (QED) is 0.398. The first-order valence-corrected chi connectivity index (χ1v) is 12.4. The Balaban J connectivity index is 1.95. The summed E-state index contributed by atoms with van der Waals surface area (Å²) in [5.41, 5.74) is 8.93. The lowest BCUT2D eigenvalue weighted by molar-refractivity contribution is 0.416. The standard InChI is InChI=1S/C23H28ClN5O3S/c1-14(2)33(30,31)21-8-6-5-7-18(21)27-22-17(24)13-26-23(29-22)28-19-11-15(3)16(9-10-25)12-20(19)32-4/h5-8,11-14H,9-10,25H2,1-4H3,(H2,26,27,28,29). The number of rotatable bonds is 9. The van der Waals surface area contributed by atoms with Crippen LogP contribution in [-0.2, 0) is 16.3 Å². The molecule has 0 aliphatic rings. The van der Waals surface area contributed by atoms with Crippen molar-refractivity contribution in [3.63, 3.8) is 0 Å². The highest BCUT2D eigenvalue weighted by Crippen LogP contribution is 2.33. The number of aryl methyl sites for hydroxylation is 1. The van der Waals surface area contributed by atoms with E-state index < -0.39 is 15.1 Å². The van der Waals surface area contributed by atoms with E-state index in [0.29, 0.717) is 23.7 Å². The molecule has 10 heteroatoms. The number of methoxy groups -OCH3 is 1. The molecule has 0 unspecified atom stereocenters. The minimum atomic E-state index is -3.51. The van der Waals surface area contributed by atoms with Gasteiger partial charge in [0, 0.05) is 0 Å². The summed E-state index contributed by atoms with van der Waals surface area (Å²) in [6, 6.07) is 10.5. The molecule has 0 radical (unpaired) electrons. The molecule has 3 aromatic rings. The second-order valence-corrected chi connectivity index (χ2v) is 10.6. The molecule has 4 N–H and O–H groups in total. The summed E-state index contributed by atoms with van der Waals surface area (Å²) in [5, 5.41) is 5.88. The van der Waals surface area contributed by atoms with Crippen molar-refractivity contribution in [1.29, 1.82) is 0 Å².